The minimum atomic E-state index is -0.164. The van der Waals surface area contributed by atoms with Crippen LogP contribution in [0.4, 0.5) is 0 Å². The van der Waals surface area contributed by atoms with Gasteiger partial charge in [-0.25, -0.2) is 0 Å². The van der Waals surface area contributed by atoms with Gasteiger partial charge in [0.1, 0.15) is 17.1 Å². The molecule has 0 aromatic heterocycles. The molecule has 0 saturated heterocycles. The number of hydrogen-bond acceptors (Lipinski definition) is 2. The molecule has 1 aliphatic rings. The number of phenolic OH excluding ortho intramolecular Hbond substituents is 1. The lowest BCUT2D eigenvalue weighted by molar-refractivity contribution is 0.0786. The van der Waals surface area contributed by atoms with E-state index in [9.17, 15) is 5.11 Å². The summed E-state index contributed by atoms with van der Waals surface area (Å²) >= 11 is 0. The van der Waals surface area contributed by atoms with Crippen LogP contribution in [0.15, 0.2) is 0 Å². The van der Waals surface area contributed by atoms with E-state index in [0.29, 0.717) is 11.7 Å². The van der Waals surface area contributed by atoms with E-state index in [1.165, 1.54) is 56.9 Å². The normalized spacial score (nSPS) is 22.5. The number of hydrogen-bond donors (Lipinski definition) is 1. The molecule has 1 aromatic carbocycles. The molecule has 2 rings (SSSR count). The second kappa shape index (κ2) is 11.1. The second-order valence-corrected chi connectivity index (χ2v) is 11.5. The van der Waals surface area contributed by atoms with Gasteiger partial charge in [0, 0.05) is 11.5 Å². The Bertz CT molecular complexity index is 720. The van der Waals surface area contributed by atoms with Gasteiger partial charge in [0.2, 0.25) is 0 Å². The van der Waals surface area contributed by atoms with Crippen LogP contribution in [0.5, 0.6) is 11.5 Å². The zero-order chi connectivity index (χ0) is 23.3. The lowest BCUT2D eigenvalue weighted by Crippen LogP contribution is -2.33. The van der Waals surface area contributed by atoms with E-state index in [1.54, 1.807) is 0 Å². The molecule has 0 radical (unpaired) electrons. The molecule has 31 heavy (non-hydrogen) atoms. The predicted octanol–water partition coefficient (Wildman–Crippen LogP) is 9.01. The maximum atomic E-state index is 10.5. The van der Waals surface area contributed by atoms with Crippen molar-refractivity contribution in [2.45, 2.75) is 132 Å². The van der Waals surface area contributed by atoms with Crippen molar-refractivity contribution in [2.24, 2.45) is 17.8 Å². The van der Waals surface area contributed by atoms with Crippen molar-refractivity contribution in [3.8, 4) is 11.5 Å². The molecule has 0 aliphatic carbocycles. The highest BCUT2D eigenvalue weighted by molar-refractivity contribution is 5.61. The van der Waals surface area contributed by atoms with E-state index in [0.717, 1.165) is 46.6 Å². The molecule has 0 saturated carbocycles. The Labute approximate surface area is 193 Å². The van der Waals surface area contributed by atoms with Crippen LogP contribution in [0.25, 0.3) is 0 Å². The van der Waals surface area contributed by atoms with Crippen LogP contribution in [-0.2, 0) is 0 Å². The lowest BCUT2D eigenvalue weighted by Gasteiger charge is -2.29. The van der Waals surface area contributed by atoms with Crippen LogP contribution in [0.3, 0.4) is 0 Å². The van der Waals surface area contributed by atoms with Crippen molar-refractivity contribution < 1.29 is 9.84 Å². The van der Waals surface area contributed by atoms with Gasteiger partial charge in [0.05, 0.1) is 0 Å². The Balaban J connectivity index is 1.78. The number of rotatable bonds is 12. The van der Waals surface area contributed by atoms with Crippen molar-refractivity contribution in [1.29, 1.82) is 0 Å². The van der Waals surface area contributed by atoms with Crippen molar-refractivity contribution in [2.75, 3.05) is 0 Å². The number of phenols is 1. The molecule has 1 aromatic rings. The van der Waals surface area contributed by atoms with Gasteiger partial charge in [-0.1, -0.05) is 79.6 Å². The maximum absolute atomic E-state index is 10.5. The summed E-state index contributed by atoms with van der Waals surface area (Å²) < 4.78 is 6.59. The van der Waals surface area contributed by atoms with Gasteiger partial charge in [-0.15, -0.1) is 0 Å². The standard InChI is InChI=1S/C29H50O2/c1-19(2)13-10-14-20(3)15-11-16-21(4)17-12-18-29(9)25(8)26-24(7)27(30)22(5)23(6)28(26)31-29/h19-21,25,30H,10-18H2,1-9H3/t20-,21+,25+,29+/m1/s1. The highest BCUT2D eigenvalue weighted by Gasteiger charge is 2.44. The number of ether oxygens (including phenoxy) is 1. The van der Waals surface area contributed by atoms with E-state index >= 15 is 0 Å². The van der Waals surface area contributed by atoms with Crippen molar-refractivity contribution >= 4 is 0 Å². The number of aromatic hydroxyl groups is 1. The van der Waals surface area contributed by atoms with Gasteiger partial charge in [-0.3, -0.25) is 0 Å². The topological polar surface area (TPSA) is 29.5 Å². The largest absolute Gasteiger partial charge is 0.507 e. The van der Waals surface area contributed by atoms with Crippen molar-refractivity contribution in [3.05, 3.63) is 22.3 Å². The van der Waals surface area contributed by atoms with Crippen molar-refractivity contribution in [1.82, 2.24) is 0 Å². The zero-order valence-corrected chi connectivity index (χ0v) is 22.0. The number of fused-ring (bicyclic) bond motifs is 1. The smallest absolute Gasteiger partial charge is 0.127 e. The molecular formula is C29H50O2. The van der Waals surface area contributed by atoms with Gasteiger partial charge in [0.15, 0.2) is 0 Å². The molecule has 178 valence electrons. The molecule has 0 spiro atoms. The van der Waals surface area contributed by atoms with Gasteiger partial charge in [0.25, 0.3) is 0 Å². The van der Waals surface area contributed by atoms with Crippen LogP contribution in [0.2, 0.25) is 0 Å². The van der Waals surface area contributed by atoms with Crippen LogP contribution >= 0.6 is 0 Å². The lowest BCUT2D eigenvalue weighted by atomic mass is 9.80. The summed E-state index contributed by atoms with van der Waals surface area (Å²) in [5.41, 5.74) is 4.13. The molecule has 0 amide bonds. The average Bonchev–Trinajstić information content (AvgIpc) is 2.96. The summed E-state index contributed by atoms with van der Waals surface area (Å²) in [6.45, 7) is 20.2. The molecule has 4 atom stereocenters. The minimum Gasteiger partial charge on any atom is -0.507 e. The van der Waals surface area contributed by atoms with Crippen LogP contribution in [0.1, 0.15) is 128 Å². The highest BCUT2D eigenvalue weighted by Crippen LogP contribution is 2.52. The first kappa shape index (κ1) is 26.1. The fourth-order valence-corrected chi connectivity index (χ4v) is 5.46. The first-order valence-electron chi connectivity index (χ1n) is 13.0. The fraction of sp³-hybridized carbons (Fsp3) is 0.793. The second-order valence-electron chi connectivity index (χ2n) is 11.5. The first-order chi connectivity index (χ1) is 14.5. The third-order valence-electron chi connectivity index (χ3n) is 8.19. The molecule has 1 N–H and O–H groups in total. The first-order valence-corrected chi connectivity index (χ1v) is 13.0. The summed E-state index contributed by atoms with van der Waals surface area (Å²) in [5, 5.41) is 10.5. The summed E-state index contributed by atoms with van der Waals surface area (Å²) in [6.07, 6.45) is 11.9. The van der Waals surface area contributed by atoms with Gasteiger partial charge in [-0.2, -0.15) is 0 Å². The monoisotopic (exact) mass is 430 g/mol. The fourth-order valence-electron chi connectivity index (χ4n) is 5.46. The summed E-state index contributed by atoms with van der Waals surface area (Å²) in [7, 11) is 0. The molecule has 1 aliphatic heterocycles. The summed E-state index contributed by atoms with van der Waals surface area (Å²) in [5.74, 6) is 4.30. The molecule has 1 heterocycles. The quantitative estimate of drug-likeness (QED) is 0.358. The third-order valence-corrected chi connectivity index (χ3v) is 8.19. The Morgan fingerprint density at radius 3 is 1.87 bits per heavy atom. The number of benzene rings is 1. The van der Waals surface area contributed by atoms with Crippen LogP contribution in [0, 0.1) is 38.5 Å². The molecule has 0 bridgehead atoms. The van der Waals surface area contributed by atoms with E-state index in [1.807, 2.05) is 13.8 Å². The van der Waals surface area contributed by atoms with Gasteiger partial charge in [-0.05, 0) is 75.0 Å². The van der Waals surface area contributed by atoms with E-state index in [-0.39, 0.29) is 5.60 Å². The predicted molar refractivity (Wildman–Crippen MR) is 134 cm³/mol. The zero-order valence-electron chi connectivity index (χ0n) is 22.0. The Hall–Kier alpha value is -1.18. The molecule has 2 nitrogen and oxygen atoms in total. The van der Waals surface area contributed by atoms with Gasteiger partial charge >= 0.3 is 0 Å². The van der Waals surface area contributed by atoms with Crippen LogP contribution in [-0.4, -0.2) is 10.7 Å². The Morgan fingerprint density at radius 2 is 1.32 bits per heavy atom. The minimum absolute atomic E-state index is 0.164. The van der Waals surface area contributed by atoms with Crippen LogP contribution < -0.4 is 4.74 Å². The van der Waals surface area contributed by atoms with E-state index < -0.39 is 0 Å². The van der Waals surface area contributed by atoms with E-state index in [4.69, 9.17) is 4.74 Å². The molecule has 2 heteroatoms. The Kier molecular flexibility index (Phi) is 9.34. The Morgan fingerprint density at radius 1 is 0.806 bits per heavy atom. The molecule has 0 unspecified atom stereocenters. The molecule has 0 fully saturated rings. The van der Waals surface area contributed by atoms with E-state index in [2.05, 4.69) is 48.5 Å². The summed E-state index contributed by atoms with van der Waals surface area (Å²) in [4.78, 5) is 0. The average molecular weight is 431 g/mol. The van der Waals surface area contributed by atoms with Crippen molar-refractivity contribution in [3.63, 3.8) is 0 Å². The van der Waals surface area contributed by atoms with Gasteiger partial charge < -0.3 is 9.84 Å². The maximum Gasteiger partial charge on any atom is 0.127 e. The molecular weight excluding hydrogens is 380 g/mol. The third kappa shape index (κ3) is 6.42. The summed E-state index contributed by atoms with van der Waals surface area (Å²) in [6, 6.07) is 0. The highest BCUT2D eigenvalue weighted by atomic mass is 16.5. The SMILES string of the molecule is Cc1c(C)c2c(c(C)c1O)[C@H](C)[C@](C)(CCC[C@@H](C)CCC[C@H](C)CCCC(C)C)O2.